The molecule has 21 heavy (non-hydrogen) atoms. The standard InChI is InChI=1S/C15H11F3O3/c1-21-15-8(6-13(19)20)2-3-12(18)14(15)9-4-10(16)7-11(17)5-9/h2-5,7H,6H2,1H3,(H,19,20). The molecule has 0 amide bonds. The summed E-state index contributed by atoms with van der Waals surface area (Å²) >= 11 is 0. The van der Waals surface area contributed by atoms with E-state index in [-0.39, 0.29) is 22.4 Å². The lowest BCUT2D eigenvalue weighted by molar-refractivity contribution is -0.136. The Hall–Kier alpha value is -2.50. The average Bonchev–Trinajstić information content (AvgIpc) is 2.38. The third-order valence-electron chi connectivity index (χ3n) is 2.89. The van der Waals surface area contributed by atoms with Crippen LogP contribution in [-0.4, -0.2) is 18.2 Å². The molecule has 0 spiro atoms. The first kappa shape index (κ1) is 14.9. The summed E-state index contributed by atoms with van der Waals surface area (Å²) in [6.45, 7) is 0. The van der Waals surface area contributed by atoms with Crippen LogP contribution in [0.1, 0.15) is 5.56 Å². The van der Waals surface area contributed by atoms with Gasteiger partial charge in [-0.1, -0.05) is 6.07 Å². The number of hydrogen-bond acceptors (Lipinski definition) is 2. The molecule has 1 N–H and O–H groups in total. The maximum Gasteiger partial charge on any atom is 0.307 e. The molecule has 2 aromatic rings. The van der Waals surface area contributed by atoms with Crippen LogP contribution in [-0.2, 0) is 11.2 Å². The summed E-state index contributed by atoms with van der Waals surface area (Å²) < 4.78 is 45.7. The van der Waals surface area contributed by atoms with Gasteiger partial charge in [0, 0.05) is 11.6 Å². The molecule has 0 saturated heterocycles. The Morgan fingerprint density at radius 3 is 2.29 bits per heavy atom. The third kappa shape index (κ3) is 3.16. The molecule has 3 nitrogen and oxygen atoms in total. The summed E-state index contributed by atoms with van der Waals surface area (Å²) in [6.07, 6.45) is -0.395. The van der Waals surface area contributed by atoms with Gasteiger partial charge in [0.15, 0.2) is 0 Å². The van der Waals surface area contributed by atoms with Gasteiger partial charge in [0.1, 0.15) is 23.2 Å². The highest BCUT2D eigenvalue weighted by Crippen LogP contribution is 2.36. The van der Waals surface area contributed by atoms with Crippen molar-refractivity contribution in [1.82, 2.24) is 0 Å². The van der Waals surface area contributed by atoms with E-state index in [1.54, 1.807) is 0 Å². The number of methoxy groups -OCH3 is 1. The monoisotopic (exact) mass is 296 g/mol. The van der Waals surface area contributed by atoms with E-state index in [2.05, 4.69) is 0 Å². The first-order valence-corrected chi connectivity index (χ1v) is 5.96. The topological polar surface area (TPSA) is 46.5 Å². The SMILES string of the molecule is COc1c(CC(=O)O)ccc(F)c1-c1cc(F)cc(F)c1. The van der Waals surface area contributed by atoms with Crippen molar-refractivity contribution >= 4 is 5.97 Å². The first-order valence-electron chi connectivity index (χ1n) is 5.96. The van der Waals surface area contributed by atoms with Crippen molar-refractivity contribution < 1.29 is 27.8 Å². The first-order chi connectivity index (χ1) is 9.92. The van der Waals surface area contributed by atoms with Crippen molar-refractivity contribution in [1.29, 1.82) is 0 Å². The number of carboxylic acids is 1. The molecule has 2 rings (SSSR count). The minimum Gasteiger partial charge on any atom is -0.496 e. The highest BCUT2D eigenvalue weighted by molar-refractivity contribution is 5.77. The predicted molar refractivity (Wildman–Crippen MR) is 69.6 cm³/mol. The van der Waals surface area contributed by atoms with E-state index in [0.29, 0.717) is 6.07 Å². The number of rotatable bonds is 4. The molecule has 0 atom stereocenters. The quantitative estimate of drug-likeness (QED) is 0.940. The molecule has 0 aliphatic carbocycles. The molecule has 6 heteroatoms. The number of carbonyl (C=O) groups is 1. The largest absolute Gasteiger partial charge is 0.496 e. The number of halogens is 3. The lowest BCUT2D eigenvalue weighted by Crippen LogP contribution is -2.04. The van der Waals surface area contributed by atoms with E-state index in [4.69, 9.17) is 9.84 Å². The third-order valence-corrected chi connectivity index (χ3v) is 2.89. The Kier molecular flexibility index (Phi) is 4.16. The zero-order valence-electron chi connectivity index (χ0n) is 11.0. The van der Waals surface area contributed by atoms with Gasteiger partial charge in [-0.25, -0.2) is 13.2 Å². The zero-order chi connectivity index (χ0) is 15.6. The highest BCUT2D eigenvalue weighted by Gasteiger charge is 2.19. The lowest BCUT2D eigenvalue weighted by Gasteiger charge is -2.14. The van der Waals surface area contributed by atoms with Crippen molar-refractivity contribution in [3.63, 3.8) is 0 Å². The molecule has 0 aliphatic rings. The van der Waals surface area contributed by atoms with Gasteiger partial charge in [-0.05, 0) is 23.8 Å². The minimum absolute atomic E-state index is 0.0533. The fourth-order valence-corrected chi connectivity index (χ4v) is 2.10. The van der Waals surface area contributed by atoms with Crippen LogP contribution in [0.25, 0.3) is 11.1 Å². The Bertz CT molecular complexity index is 679. The number of hydrogen-bond donors (Lipinski definition) is 1. The van der Waals surface area contributed by atoms with Gasteiger partial charge < -0.3 is 9.84 Å². The van der Waals surface area contributed by atoms with E-state index < -0.39 is 29.8 Å². The van der Waals surface area contributed by atoms with Crippen molar-refractivity contribution in [2.24, 2.45) is 0 Å². The van der Waals surface area contributed by atoms with E-state index in [1.165, 1.54) is 13.2 Å². The molecule has 0 aliphatic heterocycles. The van der Waals surface area contributed by atoms with Gasteiger partial charge in [-0.3, -0.25) is 4.79 Å². The summed E-state index contributed by atoms with van der Waals surface area (Å²) in [6, 6.07) is 4.87. The van der Waals surface area contributed by atoms with E-state index >= 15 is 0 Å². The maximum absolute atomic E-state index is 14.0. The van der Waals surface area contributed by atoms with Gasteiger partial charge in [0.25, 0.3) is 0 Å². The summed E-state index contributed by atoms with van der Waals surface area (Å²) in [7, 11) is 1.24. The number of benzene rings is 2. The van der Waals surface area contributed by atoms with Crippen molar-refractivity contribution in [3.05, 3.63) is 53.3 Å². The predicted octanol–water partition coefficient (Wildman–Crippen LogP) is 3.41. The van der Waals surface area contributed by atoms with Crippen LogP contribution >= 0.6 is 0 Å². The second-order valence-corrected chi connectivity index (χ2v) is 4.34. The normalized spacial score (nSPS) is 10.5. The summed E-state index contributed by atoms with van der Waals surface area (Å²) in [5, 5.41) is 8.84. The second-order valence-electron chi connectivity index (χ2n) is 4.34. The zero-order valence-corrected chi connectivity index (χ0v) is 11.0. The Labute approximate surface area is 118 Å². The van der Waals surface area contributed by atoms with Crippen molar-refractivity contribution in [3.8, 4) is 16.9 Å². The fourth-order valence-electron chi connectivity index (χ4n) is 2.10. The molecule has 0 bridgehead atoms. The molecule has 0 heterocycles. The van der Waals surface area contributed by atoms with Crippen LogP contribution in [0.15, 0.2) is 30.3 Å². The fraction of sp³-hybridized carbons (Fsp3) is 0.133. The van der Waals surface area contributed by atoms with Gasteiger partial charge in [-0.2, -0.15) is 0 Å². The van der Waals surface area contributed by atoms with Gasteiger partial charge >= 0.3 is 5.97 Å². The van der Waals surface area contributed by atoms with Gasteiger partial charge in [-0.15, -0.1) is 0 Å². The molecule has 0 fully saturated rings. The van der Waals surface area contributed by atoms with Crippen molar-refractivity contribution in [2.75, 3.05) is 7.11 Å². The van der Waals surface area contributed by atoms with Crippen LogP contribution in [0.5, 0.6) is 5.75 Å². The number of aliphatic carboxylic acids is 1. The van der Waals surface area contributed by atoms with Gasteiger partial charge in [0.05, 0.1) is 19.1 Å². The molecule has 0 radical (unpaired) electrons. The summed E-state index contributed by atoms with van der Waals surface area (Å²) in [5.41, 5.74) is -0.0187. The smallest absolute Gasteiger partial charge is 0.307 e. The molecule has 110 valence electrons. The van der Waals surface area contributed by atoms with E-state index in [0.717, 1.165) is 18.2 Å². The lowest BCUT2D eigenvalue weighted by atomic mass is 9.99. The van der Waals surface area contributed by atoms with E-state index in [1.807, 2.05) is 0 Å². The Morgan fingerprint density at radius 1 is 1.14 bits per heavy atom. The molecule has 0 unspecified atom stereocenters. The Balaban J connectivity index is 2.68. The van der Waals surface area contributed by atoms with Crippen LogP contribution < -0.4 is 4.74 Å². The number of carboxylic acid groups (broad SMARTS) is 1. The minimum atomic E-state index is -1.13. The van der Waals surface area contributed by atoms with Crippen molar-refractivity contribution in [2.45, 2.75) is 6.42 Å². The molecule has 2 aromatic carbocycles. The van der Waals surface area contributed by atoms with Crippen LogP contribution in [0.2, 0.25) is 0 Å². The molecular formula is C15H11F3O3. The summed E-state index contributed by atoms with van der Waals surface area (Å²) in [5.74, 6) is -3.67. The van der Waals surface area contributed by atoms with Crippen LogP contribution in [0.3, 0.4) is 0 Å². The highest BCUT2D eigenvalue weighted by atomic mass is 19.1. The summed E-state index contributed by atoms with van der Waals surface area (Å²) in [4.78, 5) is 10.8. The molecular weight excluding hydrogens is 285 g/mol. The van der Waals surface area contributed by atoms with E-state index in [9.17, 15) is 18.0 Å². The number of ether oxygens (including phenoxy) is 1. The maximum atomic E-state index is 14.0. The molecule has 0 saturated carbocycles. The Morgan fingerprint density at radius 2 is 1.76 bits per heavy atom. The van der Waals surface area contributed by atoms with Gasteiger partial charge in [0.2, 0.25) is 0 Å². The molecule has 0 aromatic heterocycles. The van der Waals surface area contributed by atoms with Crippen LogP contribution in [0.4, 0.5) is 13.2 Å². The van der Waals surface area contributed by atoms with Crippen LogP contribution in [0, 0.1) is 17.5 Å². The second kappa shape index (κ2) is 5.87. The average molecular weight is 296 g/mol.